The van der Waals surface area contributed by atoms with Crippen LogP contribution in [0.5, 0.6) is 0 Å². The van der Waals surface area contributed by atoms with Crippen LogP contribution in [0, 0.1) is 5.41 Å². The summed E-state index contributed by atoms with van der Waals surface area (Å²) in [7, 11) is 0. The molecule has 0 atom stereocenters. The van der Waals surface area contributed by atoms with Crippen LogP contribution in [0.4, 0.5) is 0 Å². The summed E-state index contributed by atoms with van der Waals surface area (Å²) in [5.41, 5.74) is -1.49. The van der Waals surface area contributed by atoms with Crippen molar-refractivity contribution < 1.29 is 47.9 Å². The van der Waals surface area contributed by atoms with Gasteiger partial charge in [-0.2, -0.15) is 9.59 Å². The van der Waals surface area contributed by atoms with Crippen LogP contribution in [0.25, 0.3) is 0 Å². The maximum atomic E-state index is 13.3. The molecule has 0 bridgehead atoms. The summed E-state index contributed by atoms with van der Waals surface area (Å²) in [6.07, 6.45) is 4.29. The Labute approximate surface area is 218 Å². The summed E-state index contributed by atoms with van der Waals surface area (Å²) in [4.78, 5) is 105. The van der Waals surface area contributed by atoms with E-state index in [0.717, 1.165) is 34.3 Å². The molecule has 2 rings (SSSR count). The van der Waals surface area contributed by atoms with Crippen molar-refractivity contribution in [3.8, 4) is 0 Å². The molecule has 0 N–H and O–H groups in total. The molecule has 2 aliphatic heterocycles. The van der Waals surface area contributed by atoms with Gasteiger partial charge >= 0.3 is 12.1 Å². The standard InChI is InChI=1S/C23H30N4O8.CO2/c1-22(2,3)14-27(20(33)12-25-17(30)9-10-18(25)31)26(13-21(34)35-23(4,5)6)19(32)11-24-15(28)7-8-16(24)29;2-1-3/h7-10H,11-14H2,1-6H3;. The number of rotatable bonds is 7. The van der Waals surface area contributed by atoms with Gasteiger partial charge < -0.3 is 4.74 Å². The van der Waals surface area contributed by atoms with Gasteiger partial charge in [-0.3, -0.25) is 43.4 Å². The normalized spacial score (nSPS) is 14.8. The SMILES string of the molecule is CC(C)(C)CN(C(=O)CN1C(=O)C=CC1=O)N(CC(=O)OC(C)(C)C)C(=O)CN1C(=O)C=CC1=O.O=C=O. The highest BCUT2D eigenvalue weighted by Gasteiger charge is 2.37. The summed E-state index contributed by atoms with van der Waals surface area (Å²) in [5.74, 6) is -5.38. The zero-order valence-corrected chi connectivity index (χ0v) is 22.0. The second kappa shape index (κ2) is 12.7. The molecule has 0 saturated heterocycles. The van der Waals surface area contributed by atoms with E-state index < -0.39 is 72.1 Å². The first-order valence-corrected chi connectivity index (χ1v) is 11.3. The Kier molecular flexibility index (Phi) is 10.5. The molecule has 0 saturated carbocycles. The summed E-state index contributed by atoms with van der Waals surface area (Å²) in [6.45, 7) is 7.98. The number of carbonyl (C=O) groups excluding carboxylic acids is 9. The summed E-state index contributed by atoms with van der Waals surface area (Å²) in [5, 5.41) is 1.74. The van der Waals surface area contributed by atoms with E-state index in [2.05, 4.69) is 0 Å². The molecule has 0 aromatic rings. The number of ether oxygens (including phenoxy) is 1. The Balaban J connectivity index is 0.00000229. The Morgan fingerprint density at radius 3 is 1.39 bits per heavy atom. The van der Waals surface area contributed by atoms with E-state index in [9.17, 15) is 33.6 Å². The lowest BCUT2D eigenvalue weighted by Gasteiger charge is -2.39. The van der Waals surface area contributed by atoms with Gasteiger partial charge in [-0.1, -0.05) is 20.8 Å². The Hall–Kier alpha value is -4.45. The fourth-order valence-electron chi connectivity index (χ4n) is 3.17. The third-order valence-electron chi connectivity index (χ3n) is 4.58. The summed E-state index contributed by atoms with van der Waals surface area (Å²) < 4.78 is 5.30. The molecule has 14 nitrogen and oxygen atoms in total. The smallest absolute Gasteiger partial charge is 0.373 e. The van der Waals surface area contributed by atoms with Crippen LogP contribution in [0.1, 0.15) is 41.5 Å². The van der Waals surface area contributed by atoms with Gasteiger partial charge in [0.15, 0.2) is 0 Å². The molecule has 0 unspecified atom stereocenters. The molecule has 0 aromatic heterocycles. The molecule has 0 fully saturated rings. The number of esters is 1. The minimum Gasteiger partial charge on any atom is -0.459 e. The van der Waals surface area contributed by atoms with Crippen molar-refractivity contribution >= 4 is 47.6 Å². The van der Waals surface area contributed by atoms with Crippen molar-refractivity contribution in [1.82, 2.24) is 19.8 Å². The van der Waals surface area contributed by atoms with Gasteiger partial charge in [-0.15, -0.1) is 0 Å². The molecule has 2 aliphatic rings. The molecule has 0 aromatic carbocycles. The topological polar surface area (TPSA) is 176 Å². The van der Waals surface area contributed by atoms with Gasteiger partial charge in [0.1, 0.15) is 25.2 Å². The molecule has 206 valence electrons. The fraction of sp³-hybridized carbons (Fsp3) is 0.500. The first kappa shape index (κ1) is 31.6. The van der Waals surface area contributed by atoms with E-state index in [1.807, 2.05) is 0 Å². The van der Waals surface area contributed by atoms with Crippen molar-refractivity contribution in [3.63, 3.8) is 0 Å². The largest absolute Gasteiger partial charge is 0.459 e. The molecule has 0 aliphatic carbocycles. The number of hydrogen-bond acceptors (Lipinski definition) is 10. The average molecular weight is 535 g/mol. The minimum absolute atomic E-state index is 0.0931. The first-order valence-electron chi connectivity index (χ1n) is 11.3. The lowest BCUT2D eigenvalue weighted by atomic mass is 9.96. The number of nitrogens with zero attached hydrogens (tertiary/aromatic N) is 4. The Bertz CT molecular complexity index is 1070. The maximum absolute atomic E-state index is 13.3. The van der Waals surface area contributed by atoms with Crippen molar-refractivity contribution in [2.75, 3.05) is 26.2 Å². The predicted molar refractivity (Wildman–Crippen MR) is 125 cm³/mol. The summed E-state index contributed by atoms with van der Waals surface area (Å²) >= 11 is 0. The number of hydrogen-bond donors (Lipinski definition) is 0. The van der Waals surface area contributed by atoms with Gasteiger partial charge in [0.25, 0.3) is 35.4 Å². The fourth-order valence-corrected chi connectivity index (χ4v) is 3.17. The zero-order valence-electron chi connectivity index (χ0n) is 22.0. The maximum Gasteiger partial charge on any atom is 0.373 e. The van der Waals surface area contributed by atoms with Crippen molar-refractivity contribution in [2.24, 2.45) is 5.41 Å². The molecule has 38 heavy (non-hydrogen) atoms. The van der Waals surface area contributed by atoms with Gasteiger partial charge in [0.2, 0.25) is 0 Å². The van der Waals surface area contributed by atoms with Gasteiger partial charge in [0, 0.05) is 30.8 Å². The molecular formula is C24H30N4O10. The number of carbonyl (C=O) groups is 7. The van der Waals surface area contributed by atoms with Crippen LogP contribution in [0.2, 0.25) is 0 Å². The van der Waals surface area contributed by atoms with E-state index in [-0.39, 0.29) is 12.7 Å². The zero-order chi connectivity index (χ0) is 29.4. The van der Waals surface area contributed by atoms with Gasteiger partial charge in [-0.25, -0.2) is 10.0 Å². The number of amides is 6. The van der Waals surface area contributed by atoms with Crippen LogP contribution in [-0.2, 0) is 47.9 Å². The van der Waals surface area contributed by atoms with E-state index in [1.165, 1.54) is 0 Å². The monoisotopic (exact) mass is 534 g/mol. The van der Waals surface area contributed by atoms with Gasteiger partial charge in [0.05, 0.1) is 0 Å². The van der Waals surface area contributed by atoms with Gasteiger partial charge in [-0.05, 0) is 26.2 Å². The van der Waals surface area contributed by atoms with E-state index in [0.29, 0.717) is 9.80 Å². The highest BCUT2D eigenvalue weighted by atomic mass is 16.6. The third kappa shape index (κ3) is 9.54. The third-order valence-corrected chi connectivity index (χ3v) is 4.58. The molecular weight excluding hydrogens is 504 g/mol. The van der Waals surface area contributed by atoms with E-state index >= 15 is 0 Å². The molecule has 0 radical (unpaired) electrons. The van der Waals surface area contributed by atoms with Crippen LogP contribution >= 0.6 is 0 Å². The molecule has 0 spiro atoms. The van der Waals surface area contributed by atoms with Crippen molar-refractivity contribution in [2.45, 2.75) is 47.1 Å². The quantitative estimate of drug-likeness (QED) is 0.229. The molecule has 6 amide bonds. The first-order chi connectivity index (χ1) is 17.4. The average Bonchev–Trinajstić information content (AvgIpc) is 3.24. The van der Waals surface area contributed by atoms with E-state index in [1.54, 1.807) is 41.5 Å². The Morgan fingerprint density at radius 1 is 0.737 bits per heavy atom. The van der Waals surface area contributed by atoms with Crippen LogP contribution < -0.4 is 0 Å². The second-order valence-corrected chi connectivity index (χ2v) is 10.3. The Morgan fingerprint density at radius 2 is 1.08 bits per heavy atom. The minimum atomic E-state index is -0.906. The predicted octanol–water partition coefficient (Wildman–Crippen LogP) is -0.787. The van der Waals surface area contributed by atoms with Crippen LogP contribution in [-0.4, -0.2) is 99.2 Å². The van der Waals surface area contributed by atoms with E-state index in [4.69, 9.17) is 14.3 Å². The molecule has 14 heteroatoms. The second-order valence-electron chi connectivity index (χ2n) is 10.3. The summed E-state index contributed by atoms with van der Waals surface area (Å²) in [6, 6.07) is 0. The number of hydrazine groups is 1. The highest BCUT2D eigenvalue weighted by Crippen LogP contribution is 2.19. The number of imide groups is 2. The van der Waals surface area contributed by atoms with Crippen molar-refractivity contribution in [3.05, 3.63) is 24.3 Å². The van der Waals surface area contributed by atoms with Crippen LogP contribution in [0.15, 0.2) is 24.3 Å². The highest BCUT2D eigenvalue weighted by molar-refractivity contribution is 6.15. The van der Waals surface area contributed by atoms with Crippen molar-refractivity contribution in [1.29, 1.82) is 0 Å². The molecule has 2 heterocycles. The lowest BCUT2D eigenvalue weighted by Crippen LogP contribution is -2.59. The van der Waals surface area contributed by atoms with Crippen LogP contribution in [0.3, 0.4) is 0 Å². The lowest BCUT2D eigenvalue weighted by molar-refractivity contribution is -0.192.